The molecule has 2 aromatic carbocycles. The number of halogens is 2. The Morgan fingerprint density at radius 2 is 2.00 bits per heavy atom. The maximum atomic E-state index is 12.3. The van der Waals surface area contributed by atoms with Gasteiger partial charge in [-0.2, -0.15) is 0 Å². The Morgan fingerprint density at radius 3 is 2.86 bits per heavy atom. The highest BCUT2D eigenvalue weighted by Crippen LogP contribution is 2.19. The minimum absolute atomic E-state index is 0.0423. The lowest BCUT2D eigenvalue weighted by Gasteiger charge is -2.09. The Morgan fingerprint density at radius 1 is 1.19 bits per heavy atom. The fourth-order valence-corrected chi connectivity index (χ4v) is 3.35. The number of hydrogen-bond acceptors (Lipinski definition) is 2. The molecule has 21 heavy (non-hydrogen) atoms. The molecule has 0 fully saturated rings. The van der Waals surface area contributed by atoms with Crippen molar-refractivity contribution in [2.45, 2.75) is 19.6 Å². The number of amides is 1. The van der Waals surface area contributed by atoms with Gasteiger partial charge in [0.15, 0.2) is 0 Å². The molecular formula is C16H14BrIN2O. The Hall–Kier alpha value is -0.920. The van der Waals surface area contributed by atoms with Crippen molar-refractivity contribution < 1.29 is 4.79 Å². The molecule has 0 spiro atoms. The average molecular weight is 457 g/mol. The van der Waals surface area contributed by atoms with Gasteiger partial charge >= 0.3 is 0 Å². The molecule has 1 aliphatic rings. The van der Waals surface area contributed by atoms with E-state index >= 15 is 0 Å². The van der Waals surface area contributed by atoms with Crippen LogP contribution >= 0.6 is 38.5 Å². The lowest BCUT2D eigenvalue weighted by molar-refractivity contribution is 0.0950. The molecule has 1 aliphatic heterocycles. The zero-order valence-electron chi connectivity index (χ0n) is 11.2. The van der Waals surface area contributed by atoms with Gasteiger partial charge in [0.05, 0.1) is 5.56 Å². The van der Waals surface area contributed by atoms with Crippen molar-refractivity contribution in [1.82, 2.24) is 10.6 Å². The van der Waals surface area contributed by atoms with E-state index < -0.39 is 0 Å². The van der Waals surface area contributed by atoms with Gasteiger partial charge in [0, 0.05) is 27.7 Å². The van der Waals surface area contributed by atoms with Gasteiger partial charge in [0.1, 0.15) is 0 Å². The van der Waals surface area contributed by atoms with Crippen molar-refractivity contribution >= 4 is 44.4 Å². The van der Waals surface area contributed by atoms with Gasteiger partial charge in [-0.15, -0.1) is 0 Å². The number of hydrogen-bond donors (Lipinski definition) is 2. The minimum Gasteiger partial charge on any atom is -0.348 e. The zero-order chi connectivity index (χ0) is 14.8. The van der Waals surface area contributed by atoms with E-state index in [2.05, 4.69) is 67.4 Å². The predicted octanol–water partition coefficient (Wildman–Crippen LogP) is 3.59. The predicted molar refractivity (Wildman–Crippen MR) is 95.0 cm³/mol. The van der Waals surface area contributed by atoms with Crippen LogP contribution in [-0.2, 0) is 19.6 Å². The Balaban J connectivity index is 1.70. The third-order valence-corrected chi connectivity index (χ3v) is 4.96. The molecule has 2 aromatic rings. The van der Waals surface area contributed by atoms with Crippen LogP contribution in [0.3, 0.4) is 0 Å². The third-order valence-electron chi connectivity index (χ3n) is 3.53. The number of benzene rings is 2. The Labute approximate surface area is 145 Å². The fraction of sp³-hybridized carbons (Fsp3) is 0.188. The monoisotopic (exact) mass is 456 g/mol. The first kappa shape index (κ1) is 15.0. The quantitative estimate of drug-likeness (QED) is 0.693. The number of nitrogens with one attached hydrogen (secondary N) is 2. The van der Waals surface area contributed by atoms with Gasteiger partial charge in [0.25, 0.3) is 5.91 Å². The molecule has 0 aromatic heterocycles. The van der Waals surface area contributed by atoms with Crippen molar-refractivity contribution in [1.29, 1.82) is 0 Å². The molecule has 0 saturated carbocycles. The van der Waals surface area contributed by atoms with E-state index in [0.717, 1.165) is 26.7 Å². The molecule has 0 unspecified atom stereocenters. The summed E-state index contributed by atoms with van der Waals surface area (Å²) in [6.45, 7) is 2.41. The largest absolute Gasteiger partial charge is 0.348 e. The molecule has 0 bridgehead atoms. The zero-order valence-corrected chi connectivity index (χ0v) is 15.0. The summed E-state index contributed by atoms with van der Waals surface area (Å²) in [5.41, 5.74) is 4.52. The van der Waals surface area contributed by atoms with E-state index in [9.17, 15) is 4.79 Å². The summed E-state index contributed by atoms with van der Waals surface area (Å²) in [6, 6.07) is 12.1. The molecule has 0 radical (unpaired) electrons. The normalized spacial score (nSPS) is 13.0. The van der Waals surface area contributed by atoms with E-state index in [4.69, 9.17) is 0 Å². The standard InChI is InChI=1S/C16H14BrIN2O/c17-13-3-4-15(18)14(6-13)16(21)20-7-10-1-2-11-8-19-9-12(11)5-10/h1-6,19H,7-9H2,(H,20,21). The van der Waals surface area contributed by atoms with Gasteiger partial charge < -0.3 is 10.6 Å². The molecular weight excluding hydrogens is 443 g/mol. The van der Waals surface area contributed by atoms with Crippen molar-refractivity contribution in [2.24, 2.45) is 0 Å². The highest BCUT2D eigenvalue weighted by molar-refractivity contribution is 14.1. The van der Waals surface area contributed by atoms with E-state index in [-0.39, 0.29) is 5.91 Å². The van der Waals surface area contributed by atoms with Crippen molar-refractivity contribution in [3.05, 3.63) is 66.7 Å². The Kier molecular flexibility index (Phi) is 4.61. The maximum Gasteiger partial charge on any atom is 0.252 e. The summed E-state index contributed by atoms with van der Waals surface area (Å²) < 4.78 is 1.86. The lowest BCUT2D eigenvalue weighted by Crippen LogP contribution is -2.23. The van der Waals surface area contributed by atoms with Gasteiger partial charge in [-0.3, -0.25) is 4.79 Å². The van der Waals surface area contributed by atoms with Crippen LogP contribution in [0.2, 0.25) is 0 Å². The Bertz CT molecular complexity index is 703. The second-order valence-electron chi connectivity index (χ2n) is 5.01. The minimum atomic E-state index is -0.0423. The van der Waals surface area contributed by atoms with E-state index in [1.807, 2.05) is 18.2 Å². The summed E-state index contributed by atoms with van der Waals surface area (Å²) in [5.74, 6) is -0.0423. The number of rotatable bonds is 3. The van der Waals surface area contributed by atoms with E-state index in [0.29, 0.717) is 12.1 Å². The highest BCUT2D eigenvalue weighted by Gasteiger charge is 2.12. The summed E-state index contributed by atoms with van der Waals surface area (Å²) in [6.07, 6.45) is 0. The molecule has 2 N–H and O–H groups in total. The SMILES string of the molecule is O=C(NCc1ccc2c(c1)CNC2)c1cc(Br)ccc1I. The van der Waals surface area contributed by atoms with Crippen LogP contribution in [0.25, 0.3) is 0 Å². The van der Waals surface area contributed by atoms with E-state index in [1.54, 1.807) is 0 Å². The first-order valence-corrected chi connectivity index (χ1v) is 8.55. The molecule has 5 heteroatoms. The summed E-state index contributed by atoms with van der Waals surface area (Å²) in [7, 11) is 0. The maximum absolute atomic E-state index is 12.3. The van der Waals surface area contributed by atoms with Gasteiger partial charge in [-0.05, 0) is 57.5 Å². The highest BCUT2D eigenvalue weighted by atomic mass is 127. The molecule has 1 amide bonds. The molecule has 108 valence electrons. The lowest BCUT2D eigenvalue weighted by atomic mass is 10.1. The van der Waals surface area contributed by atoms with Crippen LogP contribution in [0.5, 0.6) is 0 Å². The van der Waals surface area contributed by atoms with Crippen molar-refractivity contribution in [2.75, 3.05) is 0 Å². The van der Waals surface area contributed by atoms with Crippen LogP contribution in [0.1, 0.15) is 27.0 Å². The van der Waals surface area contributed by atoms with Crippen LogP contribution in [-0.4, -0.2) is 5.91 Å². The van der Waals surface area contributed by atoms with Crippen LogP contribution in [0.4, 0.5) is 0 Å². The summed E-state index contributed by atoms with van der Waals surface area (Å²) in [5, 5.41) is 6.32. The number of fused-ring (bicyclic) bond motifs is 1. The van der Waals surface area contributed by atoms with Crippen LogP contribution in [0.15, 0.2) is 40.9 Å². The molecule has 1 heterocycles. The molecule has 0 saturated heterocycles. The van der Waals surface area contributed by atoms with Crippen LogP contribution in [0, 0.1) is 3.57 Å². The number of carbonyl (C=O) groups excluding carboxylic acids is 1. The third kappa shape index (κ3) is 3.46. The van der Waals surface area contributed by atoms with Crippen molar-refractivity contribution in [3.8, 4) is 0 Å². The topological polar surface area (TPSA) is 41.1 Å². The summed E-state index contributed by atoms with van der Waals surface area (Å²) in [4.78, 5) is 12.3. The summed E-state index contributed by atoms with van der Waals surface area (Å²) >= 11 is 5.58. The average Bonchev–Trinajstić information content (AvgIpc) is 2.94. The van der Waals surface area contributed by atoms with Crippen molar-refractivity contribution in [3.63, 3.8) is 0 Å². The van der Waals surface area contributed by atoms with E-state index in [1.165, 1.54) is 11.1 Å². The fourth-order valence-electron chi connectivity index (χ4n) is 2.41. The van der Waals surface area contributed by atoms with Gasteiger partial charge in [-0.25, -0.2) is 0 Å². The number of carbonyl (C=O) groups is 1. The van der Waals surface area contributed by atoms with Crippen LogP contribution < -0.4 is 10.6 Å². The smallest absolute Gasteiger partial charge is 0.252 e. The van der Waals surface area contributed by atoms with Gasteiger partial charge in [-0.1, -0.05) is 34.1 Å². The molecule has 3 nitrogen and oxygen atoms in total. The second kappa shape index (κ2) is 6.46. The molecule has 3 rings (SSSR count). The molecule has 0 atom stereocenters. The molecule has 0 aliphatic carbocycles. The van der Waals surface area contributed by atoms with Gasteiger partial charge in [0.2, 0.25) is 0 Å². The first-order valence-electron chi connectivity index (χ1n) is 6.68. The second-order valence-corrected chi connectivity index (χ2v) is 7.09. The first-order chi connectivity index (χ1) is 10.1.